The number of aromatic nitrogens is 1. The fraction of sp³-hybridized carbons (Fsp3) is 0.545. The summed E-state index contributed by atoms with van der Waals surface area (Å²) in [5.74, 6) is 0.233. The van der Waals surface area contributed by atoms with Gasteiger partial charge in [0, 0.05) is 12.7 Å². The third kappa shape index (κ3) is 2.69. The van der Waals surface area contributed by atoms with Crippen LogP contribution in [0.15, 0.2) is 23.1 Å². The highest BCUT2D eigenvalue weighted by molar-refractivity contribution is 5.14. The van der Waals surface area contributed by atoms with Gasteiger partial charge in [0.1, 0.15) is 5.56 Å². The van der Waals surface area contributed by atoms with Crippen LogP contribution in [0.25, 0.3) is 0 Å². The number of pyridine rings is 1. The first-order chi connectivity index (χ1) is 7.98. The van der Waals surface area contributed by atoms with Crippen LogP contribution in [0.3, 0.4) is 0 Å². The fourth-order valence-corrected chi connectivity index (χ4v) is 2.04. The van der Waals surface area contributed by atoms with Crippen molar-refractivity contribution in [3.8, 4) is 0 Å². The topological polar surface area (TPSA) is 34.0 Å². The number of hydrogen-bond acceptors (Lipinski definition) is 2. The second-order valence-corrected chi connectivity index (χ2v) is 4.24. The summed E-state index contributed by atoms with van der Waals surface area (Å²) in [5.41, 5.74) is -2.04. The van der Waals surface area contributed by atoms with Crippen LogP contribution in [0.5, 0.6) is 0 Å². The van der Waals surface area contributed by atoms with Gasteiger partial charge in [0.05, 0.1) is 0 Å². The average Bonchev–Trinajstić information content (AvgIpc) is 2.72. The SMILES string of the molecule is O=c1c(C(F)(F)F)cccn1C[C@@H]1CCNC1. The number of nitrogens with zero attached hydrogens (tertiary/aromatic N) is 1. The molecule has 0 aliphatic carbocycles. The second-order valence-electron chi connectivity index (χ2n) is 4.24. The fourth-order valence-electron chi connectivity index (χ4n) is 2.04. The Morgan fingerprint density at radius 1 is 1.47 bits per heavy atom. The average molecular weight is 246 g/mol. The van der Waals surface area contributed by atoms with Gasteiger partial charge in [-0.15, -0.1) is 0 Å². The van der Waals surface area contributed by atoms with Gasteiger partial charge in [-0.25, -0.2) is 0 Å². The molecule has 1 aromatic rings. The van der Waals surface area contributed by atoms with E-state index in [0.29, 0.717) is 6.54 Å². The highest BCUT2D eigenvalue weighted by Gasteiger charge is 2.34. The van der Waals surface area contributed by atoms with Crippen molar-refractivity contribution in [1.29, 1.82) is 0 Å². The van der Waals surface area contributed by atoms with Crippen molar-refractivity contribution in [3.63, 3.8) is 0 Å². The maximum atomic E-state index is 12.5. The minimum Gasteiger partial charge on any atom is -0.316 e. The summed E-state index contributed by atoms with van der Waals surface area (Å²) in [5, 5.41) is 3.12. The summed E-state index contributed by atoms with van der Waals surface area (Å²) in [6.07, 6.45) is -2.27. The zero-order valence-electron chi connectivity index (χ0n) is 9.13. The van der Waals surface area contributed by atoms with E-state index in [1.54, 1.807) is 0 Å². The van der Waals surface area contributed by atoms with Crippen LogP contribution >= 0.6 is 0 Å². The number of hydrogen-bond donors (Lipinski definition) is 1. The minimum absolute atomic E-state index is 0.233. The molecule has 0 bridgehead atoms. The molecule has 0 saturated carbocycles. The largest absolute Gasteiger partial charge is 0.421 e. The van der Waals surface area contributed by atoms with E-state index in [1.165, 1.54) is 12.3 Å². The van der Waals surface area contributed by atoms with E-state index >= 15 is 0 Å². The maximum absolute atomic E-state index is 12.5. The zero-order chi connectivity index (χ0) is 12.5. The molecule has 6 heteroatoms. The molecule has 0 radical (unpaired) electrons. The molecule has 1 aliphatic rings. The molecular formula is C11H13F3N2O. The molecule has 1 aromatic heterocycles. The Kier molecular flexibility index (Phi) is 3.24. The molecule has 2 rings (SSSR count). The summed E-state index contributed by atoms with van der Waals surface area (Å²) < 4.78 is 38.7. The lowest BCUT2D eigenvalue weighted by molar-refractivity contribution is -0.139. The highest BCUT2D eigenvalue weighted by atomic mass is 19.4. The van der Waals surface area contributed by atoms with Crippen LogP contribution in [0.2, 0.25) is 0 Å². The van der Waals surface area contributed by atoms with Gasteiger partial charge in [-0.2, -0.15) is 13.2 Å². The molecule has 1 saturated heterocycles. The molecule has 17 heavy (non-hydrogen) atoms. The van der Waals surface area contributed by atoms with Gasteiger partial charge in [-0.1, -0.05) is 0 Å². The third-order valence-electron chi connectivity index (χ3n) is 2.94. The molecule has 1 fully saturated rings. The lowest BCUT2D eigenvalue weighted by atomic mass is 10.1. The molecule has 0 unspecified atom stereocenters. The molecule has 2 heterocycles. The summed E-state index contributed by atoms with van der Waals surface area (Å²) in [7, 11) is 0. The van der Waals surface area contributed by atoms with Crippen LogP contribution in [0.1, 0.15) is 12.0 Å². The van der Waals surface area contributed by atoms with E-state index < -0.39 is 17.3 Å². The van der Waals surface area contributed by atoms with Crippen molar-refractivity contribution in [1.82, 2.24) is 9.88 Å². The summed E-state index contributed by atoms with van der Waals surface area (Å²) in [6, 6.07) is 2.10. The summed E-state index contributed by atoms with van der Waals surface area (Å²) in [4.78, 5) is 11.6. The molecular weight excluding hydrogens is 233 g/mol. The molecule has 0 spiro atoms. The minimum atomic E-state index is -4.58. The molecule has 3 nitrogen and oxygen atoms in total. The number of nitrogens with one attached hydrogen (secondary N) is 1. The van der Waals surface area contributed by atoms with Gasteiger partial charge in [-0.05, 0) is 37.6 Å². The Morgan fingerprint density at radius 3 is 2.82 bits per heavy atom. The normalized spacial score (nSPS) is 20.8. The first-order valence-corrected chi connectivity index (χ1v) is 5.46. The summed E-state index contributed by atoms with van der Waals surface area (Å²) in [6.45, 7) is 1.96. The predicted molar refractivity (Wildman–Crippen MR) is 56.7 cm³/mol. The number of rotatable bonds is 2. The lowest BCUT2D eigenvalue weighted by Crippen LogP contribution is -2.30. The van der Waals surface area contributed by atoms with Crippen LogP contribution < -0.4 is 10.9 Å². The summed E-state index contributed by atoms with van der Waals surface area (Å²) >= 11 is 0. The molecule has 0 aromatic carbocycles. The van der Waals surface area contributed by atoms with Crippen LogP contribution in [-0.2, 0) is 12.7 Å². The Morgan fingerprint density at radius 2 is 2.24 bits per heavy atom. The monoisotopic (exact) mass is 246 g/mol. The first kappa shape index (κ1) is 12.2. The van der Waals surface area contributed by atoms with Crippen molar-refractivity contribution in [3.05, 3.63) is 34.2 Å². The van der Waals surface area contributed by atoms with Crippen LogP contribution in [0.4, 0.5) is 13.2 Å². The first-order valence-electron chi connectivity index (χ1n) is 5.46. The van der Waals surface area contributed by atoms with E-state index in [9.17, 15) is 18.0 Å². The molecule has 0 amide bonds. The maximum Gasteiger partial charge on any atom is 0.421 e. The molecule has 1 atom stereocenters. The van der Waals surface area contributed by atoms with E-state index in [1.807, 2.05) is 0 Å². The van der Waals surface area contributed by atoms with Crippen LogP contribution in [-0.4, -0.2) is 17.7 Å². The van der Waals surface area contributed by atoms with Gasteiger partial charge in [0.15, 0.2) is 0 Å². The second kappa shape index (κ2) is 4.52. The molecule has 94 valence electrons. The predicted octanol–water partition coefficient (Wildman–Crippen LogP) is 1.48. The highest BCUT2D eigenvalue weighted by Crippen LogP contribution is 2.26. The van der Waals surface area contributed by atoms with Gasteiger partial charge < -0.3 is 9.88 Å². The lowest BCUT2D eigenvalue weighted by Gasteiger charge is -2.13. The zero-order valence-corrected chi connectivity index (χ0v) is 9.13. The van der Waals surface area contributed by atoms with Crippen molar-refractivity contribution in [2.45, 2.75) is 19.1 Å². The number of alkyl halides is 3. The Hall–Kier alpha value is -1.30. The Bertz CT molecular complexity index is 447. The standard InChI is InChI=1S/C11H13F3N2O/c12-11(13,14)9-2-1-5-16(10(9)17)7-8-3-4-15-6-8/h1-2,5,8,15H,3-4,6-7H2/t8-/m1/s1. The smallest absolute Gasteiger partial charge is 0.316 e. The van der Waals surface area contributed by atoms with E-state index in [-0.39, 0.29) is 5.92 Å². The number of halogens is 3. The van der Waals surface area contributed by atoms with Crippen molar-refractivity contribution >= 4 is 0 Å². The van der Waals surface area contributed by atoms with Gasteiger partial charge >= 0.3 is 6.18 Å². The van der Waals surface area contributed by atoms with Crippen LogP contribution in [0, 0.1) is 5.92 Å². The van der Waals surface area contributed by atoms with Gasteiger partial charge in [-0.3, -0.25) is 4.79 Å². The quantitative estimate of drug-likeness (QED) is 0.857. The Labute approximate surface area is 96.3 Å². The van der Waals surface area contributed by atoms with Gasteiger partial charge in [0.2, 0.25) is 0 Å². The molecule has 1 N–H and O–H groups in total. The van der Waals surface area contributed by atoms with E-state index in [2.05, 4.69) is 5.32 Å². The third-order valence-corrected chi connectivity index (χ3v) is 2.94. The Balaban J connectivity index is 2.26. The van der Waals surface area contributed by atoms with Crippen molar-refractivity contribution < 1.29 is 13.2 Å². The molecule has 1 aliphatic heterocycles. The van der Waals surface area contributed by atoms with Crippen molar-refractivity contribution in [2.24, 2.45) is 5.92 Å². The van der Waals surface area contributed by atoms with E-state index in [0.717, 1.165) is 30.1 Å². The van der Waals surface area contributed by atoms with E-state index in [4.69, 9.17) is 0 Å². The van der Waals surface area contributed by atoms with Gasteiger partial charge in [0.25, 0.3) is 5.56 Å². The van der Waals surface area contributed by atoms with Crippen molar-refractivity contribution in [2.75, 3.05) is 13.1 Å².